The first kappa shape index (κ1) is 29.2. The minimum atomic E-state index is -4.49. The van der Waals surface area contributed by atoms with Crippen LogP contribution in [0, 0.1) is 0 Å². The van der Waals surface area contributed by atoms with Crippen LogP contribution in [0.25, 0.3) is 0 Å². The van der Waals surface area contributed by atoms with Gasteiger partial charge in [0.1, 0.15) is 5.75 Å². The number of nitrogens with zero attached hydrogens (tertiary/aromatic N) is 7. The van der Waals surface area contributed by atoms with E-state index in [0.717, 1.165) is 29.6 Å². The van der Waals surface area contributed by atoms with Gasteiger partial charge in [-0.3, -0.25) is 23.9 Å². The van der Waals surface area contributed by atoms with Gasteiger partial charge in [-0.15, -0.1) is 10.2 Å². The SMILES string of the molecule is CCOc1cccc(CNC(=O)c2cn(CCCCn3cc(C(=O)NCc4cc(C(F)(F)F)ccn4)nn3)nn2)c1. The maximum Gasteiger partial charge on any atom is 0.416 e. The molecule has 0 aliphatic heterocycles. The number of amides is 2. The van der Waals surface area contributed by atoms with Gasteiger partial charge in [0.15, 0.2) is 11.4 Å². The summed E-state index contributed by atoms with van der Waals surface area (Å²) in [5.74, 6) is -0.177. The Bertz CT molecular complexity index is 1470. The van der Waals surface area contributed by atoms with Crippen molar-refractivity contribution in [3.8, 4) is 5.75 Å². The highest BCUT2D eigenvalue weighted by Gasteiger charge is 2.30. The molecule has 1 aromatic carbocycles. The third kappa shape index (κ3) is 8.58. The lowest BCUT2D eigenvalue weighted by Gasteiger charge is -2.08. The molecular weight excluding hydrogens is 543 g/mol. The van der Waals surface area contributed by atoms with Gasteiger partial charge >= 0.3 is 6.18 Å². The van der Waals surface area contributed by atoms with Gasteiger partial charge in [0.05, 0.1) is 36.8 Å². The highest BCUT2D eigenvalue weighted by Crippen LogP contribution is 2.29. The van der Waals surface area contributed by atoms with Crippen LogP contribution in [0.5, 0.6) is 5.75 Å². The number of rotatable bonds is 13. The summed E-state index contributed by atoms with van der Waals surface area (Å²) in [5, 5.41) is 21.0. The second-order valence-corrected chi connectivity index (χ2v) is 8.92. The summed E-state index contributed by atoms with van der Waals surface area (Å²) in [4.78, 5) is 28.6. The summed E-state index contributed by atoms with van der Waals surface area (Å²) in [5.41, 5.74) is 0.374. The average molecular weight is 572 g/mol. The van der Waals surface area contributed by atoms with Gasteiger partial charge < -0.3 is 15.4 Å². The minimum absolute atomic E-state index is 0.0357. The first-order valence-corrected chi connectivity index (χ1v) is 12.8. The number of aromatic nitrogens is 7. The van der Waals surface area contributed by atoms with Crippen LogP contribution in [0.4, 0.5) is 13.2 Å². The number of nitrogens with one attached hydrogen (secondary N) is 2. The number of pyridine rings is 1. The van der Waals surface area contributed by atoms with Crippen LogP contribution in [0.3, 0.4) is 0 Å². The van der Waals surface area contributed by atoms with E-state index in [4.69, 9.17) is 4.74 Å². The fraction of sp³-hybridized carbons (Fsp3) is 0.346. The molecule has 0 fully saturated rings. The third-order valence-electron chi connectivity index (χ3n) is 5.80. The van der Waals surface area contributed by atoms with Crippen molar-refractivity contribution in [1.29, 1.82) is 0 Å². The molecule has 2 amide bonds. The van der Waals surface area contributed by atoms with Crippen molar-refractivity contribution < 1.29 is 27.5 Å². The number of hydrogen-bond acceptors (Lipinski definition) is 8. The standard InChI is InChI=1S/C26H28F3N9O3/c1-2-41-21-7-5-6-18(12-21)14-31-24(39)22-16-37(35-33-22)10-3-4-11-38-17-23(34-36-38)25(40)32-15-20-13-19(8-9-30-20)26(27,28)29/h5-9,12-13,16-17H,2-4,10-11,14-15H2,1H3,(H,31,39)(H,32,40). The summed E-state index contributed by atoms with van der Waals surface area (Å²) in [6, 6.07) is 9.21. The molecule has 0 saturated heterocycles. The van der Waals surface area contributed by atoms with Crippen molar-refractivity contribution in [2.45, 2.75) is 52.1 Å². The van der Waals surface area contributed by atoms with E-state index >= 15 is 0 Å². The van der Waals surface area contributed by atoms with Gasteiger partial charge in [0, 0.05) is 25.8 Å². The van der Waals surface area contributed by atoms with E-state index in [1.54, 1.807) is 10.9 Å². The number of ether oxygens (including phenoxy) is 1. The monoisotopic (exact) mass is 571 g/mol. The molecule has 4 rings (SSSR count). The maximum atomic E-state index is 12.8. The summed E-state index contributed by atoms with van der Waals surface area (Å²) in [7, 11) is 0. The lowest BCUT2D eigenvalue weighted by atomic mass is 10.2. The second kappa shape index (κ2) is 13.5. The molecule has 0 saturated carbocycles. The van der Waals surface area contributed by atoms with Crippen LogP contribution in [-0.2, 0) is 32.4 Å². The Morgan fingerprint density at radius 1 is 0.902 bits per heavy atom. The molecule has 0 bridgehead atoms. The molecule has 0 aliphatic rings. The van der Waals surface area contributed by atoms with E-state index in [0.29, 0.717) is 39.1 Å². The zero-order valence-electron chi connectivity index (χ0n) is 22.1. The summed E-state index contributed by atoms with van der Waals surface area (Å²) in [6.45, 7) is 3.59. The van der Waals surface area contributed by atoms with Crippen LogP contribution in [0.2, 0.25) is 0 Å². The zero-order valence-corrected chi connectivity index (χ0v) is 22.1. The average Bonchev–Trinajstić information content (AvgIpc) is 3.63. The van der Waals surface area contributed by atoms with Crippen LogP contribution < -0.4 is 15.4 Å². The van der Waals surface area contributed by atoms with Gasteiger partial charge in [-0.2, -0.15) is 13.2 Å². The quantitative estimate of drug-likeness (QED) is 0.233. The molecule has 2 N–H and O–H groups in total. The van der Waals surface area contributed by atoms with Gasteiger partial charge in [-0.25, -0.2) is 0 Å². The highest BCUT2D eigenvalue weighted by atomic mass is 19.4. The van der Waals surface area contributed by atoms with Crippen LogP contribution in [-0.4, -0.2) is 53.4 Å². The van der Waals surface area contributed by atoms with Gasteiger partial charge in [-0.05, 0) is 49.6 Å². The van der Waals surface area contributed by atoms with E-state index in [9.17, 15) is 22.8 Å². The number of aryl methyl sites for hydroxylation is 2. The molecule has 12 nitrogen and oxygen atoms in total. The predicted molar refractivity (Wildman–Crippen MR) is 138 cm³/mol. The molecule has 0 unspecified atom stereocenters. The number of benzene rings is 1. The molecule has 3 heterocycles. The number of carbonyl (C=O) groups excluding carboxylic acids is 2. The van der Waals surface area contributed by atoms with Crippen LogP contribution >= 0.6 is 0 Å². The van der Waals surface area contributed by atoms with Crippen molar-refractivity contribution in [2.24, 2.45) is 0 Å². The van der Waals surface area contributed by atoms with E-state index in [1.165, 1.54) is 10.9 Å². The Balaban J connectivity index is 1.17. The lowest BCUT2D eigenvalue weighted by Crippen LogP contribution is -2.24. The molecule has 0 radical (unpaired) electrons. The Kier molecular flexibility index (Phi) is 9.60. The maximum absolute atomic E-state index is 12.8. The molecule has 0 atom stereocenters. The number of unbranched alkanes of at least 4 members (excludes halogenated alkanes) is 1. The molecule has 216 valence electrons. The minimum Gasteiger partial charge on any atom is -0.494 e. The van der Waals surface area contributed by atoms with Crippen molar-refractivity contribution in [2.75, 3.05) is 6.61 Å². The molecule has 4 aromatic rings. The van der Waals surface area contributed by atoms with Gasteiger partial charge in [-0.1, -0.05) is 22.6 Å². The smallest absolute Gasteiger partial charge is 0.416 e. The Hall–Kier alpha value is -4.82. The summed E-state index contributed by atoms with van der Waals surface area (Å²) >= 11 is 0. The number of alkyl halides is 3. The molecule has 15 heteroatoms. The van der Waals surface area contributed by atoms with Crippen molar-refractivity contribution in [3.63, 3.8) is 0 Å². The lowest BCUT2D eigenvalue weighted by molar-refractivity contribution is -0.137. The normalized spacial score (nSPS) is 11.3. The van der Waals surface area contributed by atoms with E-state index in [1.807, 2.05) is 31.2 Å². The molecule has 0 spiro atoms. The Morgan fingerprint density at radius 2 is 1.54 bits per heavy atom. The molecular formula is C26H28F3N9O3. The van der Waals surface area contributed by atoms with Crippen LogP contribution in [0.1, 0.15) is 57.6 Å². The topological polar surface area (TPSA) is 142 Å². The number of hydrogen-bond donors (Lipinski definition) is 2. The number of carbonyl (C=O) groups is 2. The zero-order chi connectivity index (χ0) is 29.2. The van der Waals surface area contributed by atoms with Crippen molar-refractivity contribution in [1.82, 2.24) is 45.6 Å². The third-order valence-corrected chi connectivity index (χ3v) is 5.80. The van der Waals surface area contributed by atoms with Crippen LogP contribution in [0.15, 0.2) is 55.0 Å². The van der Waals surface area contributed by atoms with Crippen molar-refractivity contribution >= 4 is 11.8 Å². The number of halogens is 3. The Labute approximate surface area is 232 Å². The first-order chi connectivity index (χ1) is 19.7. The fourth-order valence-corrected chi connectivity index (χ4v) is 3.77. The highest BCUT2D eigenvalue weighted by molar-refractivity contribution is 5.92. The van der Waals surface area contributed by atoms with E-state index < -0.39 is 17.6 Å². The second-order valence-electron chi connectivity index (χ2n) is 8.92. The van der Waals surface area contributed by atoms with Gasteiger partial charge in [0.2, 0.25) is 0 Å². The van der Waals surface area contributed by atoms with E-state index in [2.05, 4.69) is 36.2 Å². The molecule has 3 aromatic heterocycles. The predicted octanol–water partition coefficient (Wildman–Crippen LogP) is 3.02. The molecule has 0 aliphatic carbocycles. The Morgan fingerprint density at radius 3 is 2.15 bits per heavy atom. The molecule has 41 heavy (non-hydrogen) atoms. The first-order valence-electron chi connectivity index (χ1n) is 12.8. The van der Waals surface area contributed by atoms with Gasteiger partial charge in [0.25, 0.3) is 11.8 Å². The van der Waals surface area contributed by atoms with Crippen molar-refractivity contribution in [3.05, 3.63) is 83.2 Å². The fourth-order valence-electron chi connectivity index (χ4n) is 3.77. The van der Waals surface area contributed by atoms with E-state index in [-0.39, 0.29) is 29.5 Å². The largest absolute Gasteiger partial charge is 0.494 e. The summed E-state index contributed by atoms with van der Waals surface area (Å²) in [6.07, 6.45) is 0.945. The summed E-state index contributed by atoms with van der Waals surface area (Å²) < 4.78 is 47.1.